The zero-order valence-corrected chi connectivity index (χ0v) is 9.17. The quantitative estimate of drug-likeness (QED) is 0.676. The normalized spacial score (nSPS) is 10.3. The molecule has 0 aliphatic heterocycles. The fourth-order valence-corrected chi connectivity index (χ4v) is 1.13. The number of rotatable bonds is 6. The van der Waals surface area contributed by atoms with Crippen LogP contribution < -0.4 is 10.6 Å². The summed E-state index contributed by atoms with van der Waals surface area (Å²) in [4.78, 5) is 11.3. The van der Waals surface area contributed by atoms with Crippen molar-refractivity contribution in [2.24, 2.45) is 0 Å². The molecule has 0 bridgehead atoms. The maximum absolute atomic E-state index is 11.3. The van der Waals surface area contributed by atoms with Crippen molar-refractivity contribution in [2.45, 2.75) is 26.8 Å². The van der Waals surface area contributed by atoms with Gasteiger partial charge in [-0.1, -0.05) is 12.1 Å². The van der Waals surface area contributed by atoms with Gasteiger partial charge in [-0.25, -0.2) is 0 Å². The highest BCUT2D eigenvalue weighted by molar-refractivity contribution is 5.77. The second-order valence-electron chi connectivity index (χ2n) is 3.38. The molecule has 0 aromatic carbocycles. The third kappa shape index (κ3) is 4.60. The maximum Gasteiger partial charge on any atom is 0.234 e. The highest BCUT2D eigenvalue weighted by Gasteiger charge is 2.03. The van der Waals surface area contributed by atoms with E-state index in [-0.39, 0.29) is 5.91 Å². The lowest BCUT2D eigenvalue weighted by molar-refractivity contribution is -0.120. The zero-order valence-electron chi connectivity index (χ0n) is 9.17. The molecule has 0 fully saturated rings. The van der Waals surface area contributed by atoms with E-state index < -0.39 is 0 Å². The Morgan fingerprint density at radius 3 is 3.00 bits per heavy atom. The van der Waals surface area contributed by atoms with Crippen LogP contribution in [0.1, 0.15) is 24.8 Å². The van der Waals surface area contributed by atoms with E-state index >= 15 is 0 Å². The number of aromatic nitrogens is 1. The van der Waals surface area contributed by atoms with Crippen LogP contribution in [0.5, 0.6) is 0 Å². The predicted octanol–water partition coefficient (Wildman–Crippen LogP) is 0.599. The molecule has 0 atom stereocenters. The van der Waals surface area contributed by atoms with E-state index in [0.29, 0.717) is 13.1 Å². The molecule has 5 nitrogen and oxygen atoms in total. The molecule has 0 spiro atoms. The molecule has 1 aromatic rings. The minimum absolute atomic E-state index is 0.0240. The van der Waals surface area contributed by atoms with Crippen LogP contribution >= 0.6 is 0 Å². The average Bonchev–Trinajstić information content (AvgIpc) is 2.62. The first-order valence-electron chi connectivity index (χ1n) is 5.12. The van der Waals surface area contributed by atoms with E-state index in [1.165, 1.54) is 0 Å². The Balaban J connectivity index is 2.16. The summed E-state index contributed by atoms with van der Waals surface area (Å²) in [5.41, 5.74) is 0.747. The lowest BCUT2D eigenvalue weighted by Crippen LogP contribution is -2.33. The number of carbonyl (C=O) groups excluding carboxylic acids is 1. The van der Waals surface area contributed by atoms with Crippen LogP contribution in [0.4, 0.5) is 0 Å². The lowest BCUT2D eigenvalue weighted by atomic mass is 10.4. The van der Waals surface area contributed by atoms with Gasteiger partial charge in [0.15, 0.2) is 0 Å². The van der Waals surface area contributed by atoms with Crippen molar-refractivity contribution in [1.29, 1.82) is 0 Å². The first kappa shape index (κ1) is 11.7. The van der Waals surface area contributed by atoms with Crippen molar-refractivity contribution in [2.75, 3.05) is 13.1 Å². The van der Waals surface area contributed by atoms with E-state index in [1.54, 1.807) is 6.07 Å². The molecule has 0 aliphatic carbocycles. The summed E-state index contributed by atoms with van der Waals surface area (Å²) in [7, 11) is 0. The summed E-state index contributed by atoms with van der Waals surface area (Å²) in [6.45, 7) is 5.51. The average molecular weight is 211 g/mol. The topological polar surface area (TPSA) is 67.2 Å². The van der Waals surface area contributed by atoms with Gasteiger partial charge in [-0.15, -0.1) is 0 Å². The van der Waals surface area contributed by atoms with Crippen molar-refractivity contribution in [3.05, 3.63) is 17.5 Å². The van der Waals surface area contributed by atoms with Gasteiger partial charge in [-0.05, 0) is 19.9 Å². The Morgan fingerprint density at radius 1 is 1.60 bits per heavy atom. The third-order valence-corrected chi connectivity index (χ3v) is 1.86. The molecule has 15 heavy (non-hydrogen) atoms. The molecule has 0 saturated heterocycles. The molecule has 0 saturated carbocycles. The first-order valence-corrected chi connectivity index (χ1v) is 5.12. The Morgan fingerprint density at radius 2 is 2.40 bits per heavy atom. The summed E-state index contributed by atoms with van der Waals surface area (Å²) >= 11 is 0. The molecule has 0 radical (unpaired) electrons. The van der Waals surface area contributed by atoms with Gasteiger partial charge in [-0.3, -0.25) is 4.79 Å². The molecule has 1 aromatic heterocycles. The van der Waals surface area contributed by atoms with E-state index in [1.807, 2.05) is 6.92 Å². The molecule has 84 valence electrons. The van der Waals surface area contributed by atoms with Crippen molar-refractivity contribution in [3.63, 3.8) is 0 Å². The molecule has 5 heteroatoms. The fraction of sp³-hybridized carbons (Fsp3) is 0.600. The number of hydrogen-bond acceptors (Lipinski definition) is 4. The van der Waals surface area contributed by atoms with Crippen LogP contribution in [-0.4, -0.2) is 24.2 Å². The van der Waals surface area contributed by atoms with E-state index in [4.69, 9.17) is 4.52 Å². The molecule has 0 unspecified atom stereocenters. The Labute approximate surface area is 89.2 Å². The second kappa shape index (κ2) is 6.19. The minimum atomic E-state index is -0.0240. The second-order valence-corrected chi connectivity index (χ2v) is 3.38. The number of hydrogen-bond donors (Lipinski definition) is 2. The van der Waals surface area contributed by atoms with Gasteiger partial charge >= 0.3 is 0 Å². The zero-order chi connectivity index (χ0) is 11.1. The molecule has 1 heterocycles. The molecule has 2 N–H and O–H groups in total. The Bertz CT molecular complexity index is 309. The van der Waals surface area contributed by atoms with Crippen LogP contribution in [0.3, 0.4) is 0 Å². The van der Waals surface area contributed by atoms with Crippen LogP contribution in [0, 0.1) is 6.92 Å². The highest BCUT2D eigenvalue weighted by Crippen LogP contribution is 2.00. The van der Waals surface area contributed by atoms with E-state index in [2.05, 4.69) is 22.7 Å². The number of aryl methyl sites for hydroxylation is 1. The van der Waals surface area contributed by atoms with Gasteiger partial charge in [-0.2, -0.15) is 0 Å². The number of amides is 1. The molecule has 1 rings (SSSR count). The predicted molar refractivity (Wildman–Crippen MR) is 56.2 cm³/mol. The fourth-order valence-electron chi connectivity index (χ4n) is 1.13. The molecule has 0 aliphatic rings. The molecular weight excluding hydrogens is 194 g/mol. The van der Waals surface area contributed by atoms with Crippen LogP contribution in [0.25, 0.3) is 0 Å². The SMILES string of the molecule is CCCNCC(=O)NCc1cc(C)on1. The minimum Gasteiger partial charge on any atom is -0.361 e. The van der Waals surface area contributed by atoms with Crippen molar-refractivity contribution >= 4 is 5.91 Å². The van der Waals surface area contributed by atoms with Crippen molar-refractivity contribution < 1.29 is 9.32 Å². The van der Waals surface area contributed by atoms with Crippen molar-refractivity contribution in [3.8, 4) is 0 Å². The maximum atomic E-state index is 11.3. The van der Waals surface area contributed by atoms with Gasteiger partial charge < -0.3 is 15.2 Å². The summed E-state index contributed by atoms with van der Waals surface area (Å²) in [6.07, 6.45) is 1.02. The summed E-state index contributed by atoms with van der Waals surface area (Å²) in [5, 5.41) is 9.54. The lowest BCUT2D eigenvalue weighted by Gasteiger charge is -2.03. The largest absolute Gasteiger partial charge is 0.361 e. The van der Waals surface area contributed by atoms with Gasteiger partial charge in [0.1, 0.15) is 11.5 Å². The smallest absolute Gasteiger partial charge is 0.234 e. The number of nitrogens with zero attached hydrogens (tertiary/aromatic N) is 1. The standard InChI is InChI=1S/C10H17N3O2/c1-3-4-11-7-10(14)12-6-9-5-8(2)15-13-9/h5,11H,3-4,6-7H2,1-2H3,(H,12,14). The van der Waals surface area contributed by atoms with Crippen LogP contribution in [-0.2, 0) is 11.3 Å². The van der Waals surface area contributed by atoms with Crippen LogP contribution in [0.15, 0.2) is 10.6 Å². The number of carbonyl (C=O) groups is 1. The van der Waals surface area contributed by atoms with E-state index in [9.17, 15) is 4.79 Å². The first-order chi connectivity index (χ1) is 7.22. The van der Waals surface area contributed by atoms with Gasteiger partial charge in [0, 0.05) is 6.07 Å². The highest BCUT2D eigenvalue weighted by atomic mass is 16.5. The monoisotopic (exact) mass is 211 g/mol. The summed E-state index contributed by atoms with van der Waals surface area (Å²) < 4.78 is 4.88. The number of nitrogens with one attached hydrogen (secondary N) is 2. The van der Waals surface area contributed by atoms with Crippen LogP contribution in [0.2, 0.25) is 0 Å². The Kier molecular flexibility index (Phi) is 4.83. The Hall–Kier alpha value is -1.36. The molecule has 1 amide bonds. The van der Waals surface area contributed by atoms with Gasteiger partial charge in [0.25, 0.3) is 0 Å². The molecular formula is C10H17N3O2. The van der Waals surface area contributed by atoms with Crippen molar-refractivity contribution in [1.82, 2.24) is 15.8 Å². The summed E-state index contributed by atoms with van der Waals surface area (Å²) in [6, 6.07) is 1.81. The van der Waals surface area contributed by atoms with E-state index in [0.717, 1.165) is 24.4 Å². The van der Waals surface area contributed by atoms with Gasteiger partial charge in [0.05, 0.1) is 13.1 Å². The third-order valence-electron chi connectivity index (χ3n) is 1.86. The summed E-state index contributed by atoms with van der Waals surface area (Å²) in [5.74, 6) is 0.729. The van der Waals surface area contributed by atoms with Gasteiger partial charge in [0.2, 0.25) is 5.91 Å².